The molecule has 1 aliphatic rings. The van der Waals surface area contributed by atoms with Crippen LogP contribution in [0.4, 0.5) is 0 Å². The molecule has 1 fully saturated rings. The molecule has 1 heterocycles. The highest BCUT2D eigenvalue weighted by Gasteiger charge is 2.26. The monoisotopic (exact) mass is 269 g/mol. The third kappa shape index (κ3) is 3.47. The molecule has 2 rings (SSSR count). The van der Waals surface area contributed by atoms with E-state index in [0.29, 0.717) is 5.92 Å². The second-order valence-corrected chi connectivity index (χ2v) is 4.67. The first-order valence-electron chi connectivity index (χ1n) is 6.08. The van der Waals surface area contributed by atoms with E-state index in [-0.39, 0.29) is 24.4 Å². The molecule has 1 aromatic rings. The lowest BCUT2D eigenvalue weighted by Gasteiger charge is -2.28. The van der Waals surface area contributed by atoms with Gasteiger partial charge in [0.25, 0.3) is 0 Å². The lowest BCUT2D eigenvalue weighted by atomic mass is 9.88. The standard InChI is InChI=1S/C14H19NO2.ClH/c1-10-4-3-5-11(8-10)12-6-7-13(15-9-12)14(16)17-2;/h3-5,8,12-13,15H,6-7,9H2,1-2H3;1H. The van der Waals surface area contributed by atoms with E-state index in [2.05, 4.69) is 36.5 Å². The van der Waals surface area contributed by atoms with E-state index in [0.717, 1.165) is 19.4 Å². The van der Waals surface area contributed by atoms with Crippen LogP contribution >= 0.6 is 12.4 Å². The maximum absolute atomic E-state index is 11.4. The second kappa shape index (κ2) is 6.76. The Hall–Kier alpha value is -1.06. The van der Waals surface area contributed by atoms with Crippen molar-refractivity contribution in [3.05, 3.63) is 35.4 Å². The van der Waals surface area contributed by atoms with Gasteiger partial charge >= 0.3 is 5.97 Å². The van der Waals surface area contributed by atoms with Gasteiger partial charge in [0, 0.05) is 6.54 Å². The molecule has 0 bridgehead atoms. The van der Waals surface area contributed by atoms with Crippen molar-refractivity contribution >= 4 is 18.4 Å². The van der Waals surface area contributed by atoms with Gasteiger partial charge in [-0.15, -0.1) is 12.4 Å². The van der Waals surface area contributed by atoms with Gasteiger partial charge in [0.2, 0.25) is 0 Å². The fourth-order valence-corrected chi connectivity index (χ4v) is 2.41. The number of methoxy groups -OCH3 is 1. The van der Waals surface area contributed by atoms with Gasteiger partial charge in [-0.05, 0) is 31.2 Å². The van der Waals surface area contributed by atoms with E-state index >= 15 is 0 Å². The molecular formula is C14H20ClNO2. The van der Waals surface area contributed by atoms with Crippen molar-refractivity contribution in [3.63, 3.8) is 0 Å². The smallest absolute Gasteiger partial charge is 0.322 e. The Labute approximate surface area is 114 Å². The van der Waals surface area contributed by atoms with E-state index in [4.69, 9.17) is 4.74 Å². The molecule has 0 radical (unpaired) electrons. The summed E-state index contributed by atoms with van der Waals surface area (Å²) in [6.45, 7) is 2.96. The maximum atomic E-state index is 11.4. The normalized spacial score (nSPS) is 23.0. The summed E-state index contributed by atoms with van der Waals surface area (Å²) in [5.74, 6) is 0.364. The van der Waals surface area contributed by atoms with Crippen molar-refractivity contribution < 1.29 is 9.53 Å². The van der Waals surface area contributed by atoms with E-state index in [1.165, 1.54) is 18.2 Å². The predicted molar refractivity (Wildman–Crippen MR) is 74.2 cm³/mol. The number of benzene rings is 1. The summed E-state index contributed by atoms with van der Waals surface area (Å²) in [4.78, 5) is 11.4. The van der Waals surface area contributed by atoms with Crippen LogP contribution in [-0.4, -0.2) is 25.7 Å². The van der Waals surface area contributed by atoms with Gasteiger partial charge in [0.15, 0.2) is 0 Å². The van der Waals surface area contributed by atoms with Gasteiger partial charge in [0.1, 0.15) is 6.04 Å². The number of piperidine rings is 1. The summed E-state index contributed by atoms with van der Waals surface area (Å²) in [6.07, 6.45) is 1.89. The van der Waals surface area contributed by atoms with Crippen LogP contribution in [-0.2, 0) is 9.53 Å². The molecule has 0 aliphatic carbocycles. The van der Waals surface area contributed by atoms with Crippen LogP contribution in [0.25, 0.3) is 0 Å². The van der Waals surface area contributed by atoms with E-state index < -0.39 is 0 Å². The molecule has 2 unspecified atom stereocenters. The summed E-state index contributed by atoms with van der Waals surface area (Å²) in [7, 11) is 1.44. The van der Waals surface area contributed by atoms with Crippen molar-refractivity contribution in [2.45, 2.75) is 31.7 Å². The van der Waals surface area contributed by atoms with Crippen LogP contribution in [0.1, 0.15) is 29.9 Å². The molecule has 1 saturated heterocycles. The molecule has 4 heteroatoms. The first kappa shape index (κ1) is 15.0. The molecule has 1 N–H and O–H groups in total. The van der Waals surface area contributed by atoms with Crippen LogP contribution in [0.2, 0.25) is 0 Å². The first-order chi connectivity index (χ1) is 8.20. The van der Waals surface area contributed by atoms with Gasteiger partial charge in [-0.2, -0.15) is 0 Å². The van der Waals surface area contributed by atoms with Gasteiger partial charge in [-0.25, -0.2) is 0 Å². The zero-order valence-electron chi connectivity index (χ0n) is 10.8. The third-order valence-corrected chi connectivity index (χ3v) is 3.41. The summed E-state index contributed by atoms with van der Waals surface area (Å²) in [6, 6.07) is 8.47. The van der Waals surface area contributed by atoms with Gasteiger partial charge in [0.05, 0.1) is 7.11 Å². The number of aryl methyl sites for hydroxylation is 1. The number of rotatable bonds is 2. The van der Waals surface area contributed by atoms with Crippen molar-refractivity contribution in [1.82, 2.24) is 5.32 Å². The SMILES string of the molecule is COC(=O)C1CCC(c2cccc(C)c2)CN1.Cl. The molecule has 1 aromatic carbocycles. The van der Waals surface area contributed by atoms with Crippen LogP contribution in [0.3, 0.4) is 0 Å². The Morgan fingerprint density at radius 3 is 2.72 bits per heavy atom. The zero-order valence-corrected chi connectivity index (χ0v) is 11.6. The Bertz CT molecular complexity index is 401. The van der Waals surface area contributed by atoms with Crippen molar-refractivity contribution in [1.29, 1.82) is 0 Å². The topological polar surface area (TPSA) is 38.3 Å². The molecule has 18 heavy (non-hydrogen) atoms. The predicted octanol–water partition coefficient (Wildman–Crippen LogP) is 2.43. The molecule has 3 nitrogen and oxygen atoms in total. The summed E-state index contributed by atoms with van der Waals surface area (Å²) < 4.78 is 4.75. The Balaban J connectivity index is 0.00000162. The van der Waals surface area contributed by atoms with Crippen molar-refractivity contribution in [2.75, 3.05) is 13.7 Å². The van der Waals surface area contributed by atoms with E-state index in [9.17, 15) is 4.79 Å². The third-order valence-electron chi connectivity index (χ3n) is 3.41. The zero-order chi connectivity index (χ0) is 12.3. The number of hydrogen-bond donors (Lipinski definition) is 1. The average Bonchev–Trinajstić information content (AvgIpc) is 2.38. The minimum absolute atomic E-state index is 0. The van der Waals surface area contributed by atoms with Crippen LogP contribution in [0.5, 0.6) is 0 Å². The molecule has 1 aliphatic heterocycles. The first-order valence-corrected chi connectivity index (χ1v) is 6.08. The summed E-state index contributed by atoms with van der Waals surface area (Å²) in [5.41, 5.74) is 2.65. The second-order valence-electron chi connectivity index (χ2n) is 4.67. The fourth-order valence-electron chi connectivity index (χ4n) is 2.41. The number of carbonyl (C=O) groups excluding carboxylic acids is 1. The summed E-state index contributed by atoms with van der Waals surface area (Å²) >= 11 is 0. The van der Waals surface area contributed by atoms with Gasteiger partial charge in [-0.3, -0.25) is 4.79 Å². The lowest BCUT2D eigenvalue weighted by molar-refractivity contribution is -0.143. The number of halogens is 1. The molecule has 0 saturated carbocycles. The highest BCUT2D eigenvalue weighted by atomic mass is 35.5. The minimum atomic E-state index is -0.146. The van der Waals surface area contributed by atoms with Crippen LogP contribution < -0.4 is 5.32 Å². The van der Waals surface area contributed by atoms with Crippen LogP contribution in [0.15, 0.2) is 24.3 Å². The number of esters is 1. The number of carbonyl (C=O) groups is 1. The maximum Gasteiger partial charge on any atom is 0.322 e. The largest absolute Gasteiger partial charge is 0.468 e. The molecule has 100 valence electrons. The summed E-state index contributed by atoms with van der Waals surface area (Å²) in [5, 5.41) is 3.26. The molecular weight excluding hydrogens is 250 g/mol. The highest BCUT2D eigenvalue weighted by Crippen LogP contribution is 2.26. The quantitative estimate of drug-likeness (QED) is 0.838. The lowest BCUT2D eigenvalue weighted by Crippen LogP contribution is -2.43. The minimum Gasteiger partial charge on any atom is -0.468 e. The fraction of sp³-hybridized carbons (Fsp3) is 0.500. The van der Waals surface area contributed by atoms with Gasteiger partial charge in [-0.1, -0.05) is 29.8 Å². The van der Waals surface area contributed by atoms with E-state index in [1.54, 1.807) is 0 Å². The Kier molecular flexibility index (Phi) is 5.63. The van der Waals surface area contributed by atoms with Crippen molar-refractivity contribution in [2.24, 2.45) is 0 Å². The van der Waals surface area contributed by atoms with Crippen molar-refractivity contribution in [3.8, 4) is 0 Å². The average molecular weight is 270 g/mol. The highest BCUT2D eigenvalue weighted by molar-refractivity contribution is 5.85. The Morgan fingerprint density at radius 2 is 2.17 bits per heavy atom. The number of ether oxygens (including phenoxy) is 1. The number of nitrogens with one attached hydrogen (secondary N) is 1. The van der Waals surface area contributed by atoms with Crippen LogP contribution in [0, 0.1) is 6.92 Å². The Morgan fingerprint density at radius 1 is 1.39 bits per heavy atom. The molecule has 0 amide bonds. The number of hydrogen-bond acceptors (Lipinski definition) is 3. The molecule has 0 aromatic heterocycles. The molecule has 0 spiro atoms. The molecule has 2 atom stereocenters. The van der Waals surface area contributed by atoms with Gasteiger partial charge < -0.3 is 10.1 Å². The van der Waals surface area contributed by atoms with E-state index in [1.807, 2.05) is 0 Å².